The average Bonchev–Trinajstić information content (AvgIpc) is 2.47. The molecule has 2 aromatic carbocycles. The maximum atomic E-state index is 6.08. The van der Waals surface area contributed by atoms with Crippen LogP contribution in [0.15, 0.2) is 53.1 Å². The summed E-state index contributed by atoms with van der Waals surface area (Å²) in [4.78, 5) is 6.68. The minimum Gasteiger partial charge on any atom is -0.398 e. The first-order chi connectivity index (χ1) is 10.1. The highest BCUT2D eigenvalue weighted by Gasteiger charge is 2.11. The van der Waals surface area contributed by atoms with Gasteiger partial charge in [-0.1, -0.05) is 12.1 Å². The summed E-state index contributed by atoms with van der Waals surface area (Å²) < 4.78 is 0.928. The van der Waals surface area contributed by atoms with Crippen LogP contribution in [0.1, 0.15) is 5.56 Å². The molecule has 0 atom stereocenters. The molecule has 1 aromatic heterocycles. The van der Waals surface area contributed by atoms with Crippen LogP contribution in [0.2, 0.25) is 0 Å². The lowest BCUT2D eigenvalue weighted by Crippen LogP contribution is -2.10. The lowest BCUT2D eigenvalue weighted by atomic mass is 10.1. The minimum atomic E-state index is 0.736. The van der Waals surface area contributed by atoms with Crippen LogP contribution < -0.4 is 10.6 Å². The lowest BCUT2D eigenvalue weighted by Gasteiger charge is -2.21. The Balaban J connectivity index is 2.18. The normalized spacial score (nSPS) is 10.8. The van der Waals surface area contributed by atoms with E-state index < -0.39 is 0 Å². The van der Waals surface area contributed by atoms with Crippen LogP contribution in [0.3, 0.4) is 0 Å². The van der Waals surface area contributed by atoms with E-state index in [2.05, 4.69) is 57.0 Å². The molecule has 3 rings (SSSR count). The van der Waals surface area contributed by atoms with E-state index in [9.17, 15) is 0 Å². The third kappa shape index (κ3) is 2.59. The fourth-order valence-corrected chi connectivity index (χ4v) is 2.78. The van der Waals surface area contributed by atoms with Gasteiger partial charge in [0.1, 0.15) is 0 Å². The lowest BCUT2D eigenvalue weighted by molar-refractivity contribution is 1.20. The molecule has 0 bridgehead atoms. The zero-order chi connectivity index (χ0) is 15.0. The van der Waals surface area contributed by atoms with Gasteiger partial charge >= 0.3 is 0 Å². The van der Waals surface area contributed by atoms with Gasteiger partial charge in [0.15, 0.2) is 0 Å². The molecule has 0 fully saturated rings. The number of rotatable bonds is 2. The van der Waals surface area contributed by atoms with Crippen LogP contribution in [0, 0.1) is 6.92 Å². The number of nitrogen functional groups attached to an aromatic ring is 1. The standard InChI is InChI=1S/C17H16BrN3/c1-11-4-3-5-13(8-11)21(2)16-7-6-15(19)14-9-12(18)10-20-17(14)16/h3-10H,19H2,1-2H3. The van der Waals surface area contributed by atoms with Crippen molar-refractivity contribution in [3.8, 4) is 0 Å². The number of pyridine rings is 1. The predicted octanol–water partition coefficient (Wildman–Crippen LogP) is 4.66. The van der Waals surface area contributed by atoms with Crippen molar-refractivity contribution >= 4 is 43.9 Å². The van der Waals surface area contributed by atoms with Crippen molar-refractivity contribution in [2.45, 2.75) is 6.92 Å². The van der Waals surface area contributed by atoms with E-state index in [-0.39, 0.29) is 0 Å². The zero-order valence-corrected chi connectivity index (χ0v) is 13.6. The molecule has 3 aromatic rings. The second kappa shape index (κ2) is 5.37. The van der Waals surface area contributed by atoms with Gasteiger partial charge < -0.3 is 10.6 Å². The van der Waals surface area contributed by atoms with E-state index in [0.29, 0.717) is 0 Å². The average molecular weight is 342 g/mol. The number of benzene rings is 2. The van der Waals surface area contributed by atoms with Crippen LogP contribution >= 0.6 is 15.9 Å². The maximum absolute atomic E-state index is 6.08. The van der Waals surface area contributed by atoms with Gasteiger partial charge in [-0.2, -0.15) is 0 Å². The number of halogens is 1. The Hall–Kier alpha value is -2.07. The topological polar surface area (TPSA) is 42.1 Å². The summed E-state index contributed by atoms with van der Waals surface area (Å²) in [5.41, 5.74) is 11.1. The highest BCUT2D eigenvalue weighted by atomic mass is 79.9. The second-order valence-corrected chi connectivity index (χ2v) is 6.04. The highest BCUT2D eigenvalue weighted by molar-refractivity contribution is 9.10. The van der Waals surface area contributed by atoms with Gasteiger partial charge in [0.2, 0.25) is 0 Å². The molecule has 2 N–H and O–H groups in total. The predicted molar refractivity (Wildman–Crippen MR) is 93.1 cm³/mol. The van der Waals surface area contributed by atoms with Gasteiger partial charge in [-0.15, -0.1) is 0 Å². The van der Waals surface area contributed by atoms with Crippen molar-refractivity contribution in [1.82, 2.24) is 4.98 Å². The Bertz CT molecular complexity index is 814. The summed E-state index contributed by atoms with van der Waals surface area (Å²) in [6.07, 6.45) is 1.80. The molecule has 0 radical (unpaired) electrons. The molecule has 4 heteroatoms. The van der Waals surface area contributed by atoms with Crippen LogP contribution in [0.25, 0.3) is 10.9 Å². The van der Waals surface area contributed by atoms with E-state index in [1.165, 1.54) is 5.56 Å². The number of nitrogens with two attached hydrogens (primary N) is 1. The molecular weight excluding hydrogens is 326 g/mol. The van der Waals surface area contributed by atoms with E-state index in [0.717, 1.165) is 32.4 Å². The van der Waals surface area contributed by atoms with Gasteiger partial charge in [0.05, 0.1) is 11.2 Å². The molecule has 106 valence electrons. The Morgan fingerprint density at radius 2 is 1.95 bits per heavy atom. The van der Waals surface area contributed by atoms with E-state index in [1.54, 1.807) is 6.20 Å². The molecule has 0 aliphatic carbocycles. The molecule has 0 unspecified atom stereocenters. The molecule has 0 aliphatic rings. The molecule has 0 saturated carbocycles. The summed E-state index contributed by atoms with van der Waals surface area (Å²) >= 11 is 3.45. The second-order valence-electron chi connectivity index (χ2n) is 5.12. The molecule has 0 aliphatic heterocycles. The summed E-state index contributed by atoms with van der Waals surface area (Å²) in [5.74, 6) is 0. The van der Waals surface area contributed by atoms with Crippen molar-refractivity contribution in [2.75, 3.05) is 17.7 Å². The van der Waals surface area contributed by atoms with Gasteiger partial charge in [0.25, 0.3) is 0 Å². The molecule has 3 nitrogen and oxygen atoms in total. The third-order valence-corrected chi connectivity index (χ3v) is 4.01. The van der Waals surface area contributed by atoms with Crippen LogP contribution in [-0.4, -0.2) is 12.0 Å². The fourth-order valence-electron chi connectivity index (χ4n) is 2.45. The Morgan fingerprint density at radius 3 is 2.71 bits per heavy atom. The number of fused-ring (bicyclic) bond motifs is 1. The quantitative estimate of drug-likeness (QED) is 0.689. The van der Waals surface area contributed by atoms with Crippen molar-refractivity contribution < 1.29 is 0 Å². The number of hydrogen-bond donors (Lipinski definition) is 1. The zero-order valence-electron chi connectivity index (χ0n) is 12.0. The Labute approximate surface area is 132 Å². The number of anilines is 3. The molecule has 21 heavy (non-hydrogen) atoms. The number of hydrogen-bond acceptors (Lipinski definition) is 3. The summed E-state index contributed by atoms with van der Waals surface area (Å²) in [5, 5.41) is 0.960. The summed E-state index contributed by atoms with van der Waals surface area (Å²) in [7, 11) is 2.05. The Morgan fingerprint density at radius 1 is 1.14 bits per heavy atom. The largest absolute Gasteiger partial charge is 0.398 e. The molecule has 0 amide bonds. The SMILES string of the molecule is Cc1cccc(N(C)c2ccc(N)c3cc(Br)cnc23)c1. The number of aromatic nitrogens is 1. The van der Waals surface area contributed by atoms with E-state index >= 15 is 0 Å². The van der Waals surface area contributed by atoms with Gasteiger partial charge in [-0.25, -0.2) is 0 Å². The van der Waals surface area contributed by atoms with Gasteiger partial charge in [-0.3, -0.25) is 4.98 Å². The molecule has 1 heterocycles. The van der Waals surface area contributed by atoms with Crippen molar-refractivity contribution in [3.05, 3.63) is 58.7 Å². The highest BCUT2D eigenvalue weighted by Crippen LogP contribution is 2.34. The van der Waals surface area contributed by atoms with Gasteiger partial charge in [0, 0.05) is 34.5 Å². The molecule has 0 saturated heterocycles. The Kier molecular flexibility index (Phi) is 3.55. The smallest absolute Gasteiger partial charge is 0.0960 e. The monoisotopic (exact) mass is 341 g/mol. The first-order valence-electron chi connectivity index (χ1n) is 6.70. The van der Waals surface area contributed by atoms with Gasteiger partial charge in [-0.05, 0) is 58.7 Å². The maximum Gasteiger partial charge on any atom is 0.0960 e. The number of aryl methyl sites for hydroxylation is 1. The van der Waals surface area contributed by atoms with Crippen LogP contribution in [-0.2, 0) is 0 Å². The van der Waals surface area contributed by atoms with Crippen molar-refractivity contribution in [2.24, 2.45) is 0 Å². The van der Waals surface area contributed by atoms with Crippen molar-refractivity contribution in [3.63, 3.8) is 0 Å². The first kappa shape index (κ1) is 13.9. The molecular formula is C17H16BrN3. The van der Waals surface area contributed by atoms with Crippen LogP contribution in [0.4, 0.5) is 17.1 Å². The molecule has 0 spiro atoms. The summed E-state index contributed by atoms with van der Waals surface area (Å²) in [6, 6.07) is 14.3. The van der Waals surface area contributed by atoms with E-state index in [1.807, 2.05) is 25.2 Å². The van der Waals surface area contributed by atoms with Crippen LogP contribution in [0.5, 0.6) is 0 Å². The third-order valence-electron chi connectivity index (χ3n) is 3.58. The fraction of sp³-hybridized carbons (Fsp3) is 0.118. The first-order valence-corrected chi connectivity index (χ1v) is 7.49. The summed E-state index contributed by atoms with van der Waals surface area (Å²) in [6.45, 7) is 2.09. The van der Waals surface area contributed by atoms with Crippen molar-refractivity contribution in [1.29, 1.82) is 0 Å². The number of nitrogens with zero attached hydrogens (tertiary/aromatic N) is 2. The van der Waals surface area contributed by atoms with E-state index in [4.69, 9.17) is 5.73 Å². The minimum absolute atomic E-state index is 0.736.